The Morgan fingerprint density at radius 2 is 2.19 bits per heavy atom. The van der Waals surface area contributed by atoms with Crippen LogP contribution in [-0.2, 0) is 0 Å². The third-order valence-electron chi connectivity index (χ3n) is 6.25. The van der Waals surface area contributed by atoms with Crippen molar-refractivity contribution in [1.29, 1.82) is 0 Å². The molecule has 1 aromatic carbocycles. The third-order valence-corrected chi connectivity index (χ3v) is 6.25. The van der Waals surface area contributed by atoms with Crippen LogP contribution in [0.4, 0.5) is 0 Å². The van der Waals surface area contributed by atoms with Crippen molar-refractivity contribution >= 4 is 16.8 Å². The molecule has 0 radical (unpaired) electrons. The van der Waals surface area contributed by atoms with E-state index < -0.39 is 6.10 Å². The van der Waals surface area contributed by atoms with Crippen LogP contribution >= 0.6 is 0 Å². The Balaban J connectivity index is 1.52. The predicted molar refractivity (Wildman–Crippen MR) is 101 cm³/mol. The lowest BCUT2D eigenvalue weighted by molar-refractivity contribution is -0.0827. The van der Waals surface area contributed by atoms with Crippen molar-refractivity contribution < 1.29 is 9.90 Å². The molecule has 1 aliphatic heterocycles. The first-order valence-corrected chi connectivity index (χ1v) is 9.45. The number of aliphatic hydroxyl groups excluding tert-OH is 1. The molecule has 2 unspecified atom stereocenters. The number of amides is 1. The average molecular weight is 356 g/mol. The van der Waals surface area contributed by atoms with E-state index in [1.807, 2.05) is 25.1 Å². The van der Waals surface area contributed by atoms with Crippen LogP contribution in [0.15, 0.2) is 18.2 Å². The number of aliphatic hydroxyl groups is 1. The second kappa shape index (κ2) is 6.06. The molecule has 2 aliphatic rings. The standard InChI is InChI=1S/C20H28N4O2/c1-11(2)18-20(10-24(18)4)8-15(16(25)9-20)21-19(26)17-13-7-12(3)5-6-14(13)22-23-17/h5-7,11,15-16,18,25H,8-10H2,1-4H3,(H,21,26)(H,22,23)/t15-,16-,18?,20?/m1/s1. The molecule has 140 valence electrons. The van der Waals surface area contributed by atoms with E-state index in [0.717, 1.165) is 35.9 Å². The van der Waals surface area contributed by atoms with Crippen molar-refractivity contribution in [3.05, 3.63) is 29.5 Å². The zero-order chi connectivity index (χ0) is 18.6. The normalized spacial score (nSPS) is 31.7. The Kier molecular flexibility index (Phi) is 4.08. The number of aryl methyl sites for hydroxylation is 1. The van der Waals surface area contributed by atoms with Crippen LogP contribution in [0.5, 0.6) is 0 Å². The lowest BCUT2D eigenvalue weighted by Gasteiger charge is -2.57. The molecule has 3 N–H and O–H groups in total. The molecule has 26 heavy (non-hydrogen) atoms. The summed E-state index contributed by atoms with van der Waals surface area (Å²) in [4.78, 5) is 15.2. The molecule has 0 bridgehead atoms. The smallest absolute Gasteiger partial charge is 0.272 e. The van der Waals surface area contributed by atoms with E-state index in [0.29, 0.717) is 17.7 Å². The summed E-state index contributed by atoms with van der Waals surface area (Å²) in [5.74, 6) is 0.324. The van der Waals surface area contributed by atoms with Crippen molar-refractivity contribution in [3.63, 3.8) is 0 Å². The highest BCUT2D eigenvalue weighted by molar-refractivity contribution is 6.04. The summed E-state index contributed by atoms with van der Waals surface area (Å²) in [5, 5.41) is 21.6. The Bertz CT molecular complexity index is 841. The zero-order valence-corrected chi connectivity index (χ0v) is 15.9. The van der Waals surface area contributed by atoms with E-state index in [4.69, 9.17) is 0 Å². The molecule has 4 rings (SSSR count). The lowest BCUT2D eigenvalue weighted by Crippen LogP contribution is -2.64. The number of hydrogen-bond acceptors (Lipinski definition) is 4. The summed E-state index contributed by atoms with van der Waals surface area (Å²) in [6.45, 7) is 7.46. The van der Waals surface area contributed by atoms with Crippen LogP contribution in [0, 0.1) is 18.3 Å². The quantitative estimate of drug-likeness (QED) is 0.786. The fourth-order valence-corrected chi connectivity index (χ4v) is 5.53. The summed E-state index contributed by atoms with van der Waals surface area (Å²) in [6, 6.07) is 6.15. The second-order valence-electron chi connectivity index (χ2n) is 8.64. The Hall–Kier alpha value is -1.92. The van der Waals surface area contributed by atoms with Crippen LogP contribution in [-0.4, -0.2) is 57.9 Å². The number of nitrogens with zero attached hydrogens (tertiary/aromatic N) is 2. The minimum Gasteiger partial charge on any atom is -0.391 e. The minimum atomic E-state index is -0.499. The number of rotatable bonds is 3. The summed E-state index contributed by atoms with van der Waals surface area (Å²) >= 11 is 0. The fraction of sp³-hybridized carbons (Fsp3) is 0.600. The number of carbonyl (C=O) groups excluding carboxylic acids is 1. The number of aromatic nitrogens is 2. The van der Waals surface area contributed by atoms with Gasteiger partial charge in [-0.25, -0.2) is 0 Å². The summed E-state index contributed by atoms with van der Waals surface area (Å²) < 4.78 is 0. The molecular weight excluding hydrogens is 328 g/mol. The van der Waals surface area contributed by atoms with E-state index in [9.17, 15) is 9.90 Å². The number of aromatic amines is 1. The van der Waals surface area contributed by atoms with Gasteiger partial charge in [0.2, 0.25) is 0 Å². The van der Waals surface area contributed by atoms with E-state index in [1.165, 1.54) is 0 Å². The van der Waals surface area contributed by atoms with Crippen molar-refractivity contribution in [2.24, 2.45) is 11.3 Å². The number of nitrogens with one attached hydrogen (secondary N) is 2. The van der Waals surface area contributed by atoms with Gasteiger partial charge >= 0.3 is 0 Å². The van der Waals surface area contributed by atoms with Gasteiger partial charge in [-0.3, -0.25) is 9.89 Å². The van der Waals surface area contributed by atoms with Gasteiger partial charge in [-0.1, -0.05) is 25.5 Å². The molecule has 1 amide bonds. The molecule has 4 atom stereocenters. The van der Waals surface area contributed by atoms with Gasteiger partial charge in [0, 0.05) is 23.4 Å². The van der Waals surface area contributed by atoms with Crippen LogP contribution < -0.4 is 5.32 Å². The largest absolute Gasteiger partial charge is 0.391 e. The van der Waals surface area contributed by atoms with Gasteiger partial charge < -0.3 is 15.3 Å². The Labute approximate surface area is 154 Å². The molecule has 1 saturated carbocycles. The van der Waals surface area contributed by atoms with Crippen LogP contribution in [0.25, 0.3) is 10.9 Å². The van der Waals surface area contributed by atoms with E-state index in [2.05, 4.69) is 41.3 Å². The van der Waals surface area contributed by atoms with E-state index in [-0.39, 0.29) is 17.4 Å². The molecule has 1 aliphatic carbocycles. The average Bonchev–Trinajstić information content (AvgIpc) is 3.08. The summed E-state index contributed by atoms with van der Waals surface area (Å²) in [7, 11) is 2.15. The lowest BCUT2D eigenvalue weighted by atomic mass is 9.66. The first-order chi connectivity index (χ1) is 12.3. The fourth-order valence-electron chi connectivity index (χ4n) is 5.53. The van der Waals surface area contributed by atoms with Gasteiger partial charge in [-0.05, 0) is 44.9 Å². The van der Waals surface area contributed by atoms with Gasteiger partial charge in [0.1, 0.15) is 0 Å². The Morgan fingerprint density at radius 3 is 2.88 bits per heavy atom. The number of hydrogen-bond donors (Lipinski definition) is 3. The maximum atomic E-state index is 12.8. The first kappa shape index (κ1) is 17.5. The minimum absolute atomic E-state index is 0.116. The number of carbonyl (C=O) groups is 1. The van der Waals surface area contributed by atoms with Gasteiger partial charge in [0.15, 0.2) is 5.69 Å². The second-order valence-corrected chi connectivity index (χ2v) is 8.64. The maximum Gasteiger partial charge on any atom is 0.272 e. The molecule has 1 saturated heterocycles. The van der Waals surface area contributed by atoms with Gasteiger partial charge in [0.25, 0.3) is 5.91 Å². The first-order valence-electron chi connectivity index (χ1n) is 9.45. The van der Waals surface area contributed by atoms with Crippen LogP contribution in [0.2, 0.25) is 0 Å². The third kappa shape index (κ3) is 2.63. The van der Waals surface area contributed by atoms with Crippen molar-refractivity contribution in [3.8, 4) is 0 Å². The number of likely N-dealkylation sites (tertiary alicyclic amines) is 1. The van der Waals surface area contributed by atoms with Gasteiger partial charge in [-0.2, -0.15) is 5.10 Å². The number of benzene rings is 1. The van der Waals surface area contributed by atoms with Crippen LogP contribution in [0.1, 0.15) is 42.7 Å². The zero-order valence-electron chi connectivity index (χ0n) is 15.9. The van der Waals surface area contributed by atoms with E-state index >= 15 is 0 Å². The molecule has 6 nitrogen and oxygen atoms in total. The predicted octanol–water partition coefficient (Wildman–Crippen LogP) is 2.08. The van der Waals surface area contributed by atoms with Crippen molar-refractivity contribution in [2.75, 3.05) is 13.6 Å². The molecule has 1 aromatic heterocycles. The molecule has 2 aromatic rings. The Morgan fingerprint density at radius 1 is 1.42 bits per heavy atom. The molecule has 2 fully saturated rings. The molecular formula is C20H28N4O2. The van der Waals surface area contributed by atoms with Gasteiger partial charge in [-0.15, -0.1) is 0 Å². The summed E-state index contributed by atoms with van der Waals surface area (Å²) in [6.07, 6.45) is 1.08. The van der Waals surface area contributed by atoms with E-state index in [1.54, 1.807) is 0 Å². The van der Waals surface area contributed by atoms with Gasteiger partial charge in [0.05, 0.1) is 17.7 Å². The maximum absolute atomic E-state index is 12.8. The SMILES string of the molecule is Cc1ccc2[nH]nc(C(=O)N[C@@H]3CC4(C[C@H]3O)CN(C)C4C(C)C)c2c1. The van der Waals surface area contributed by atoms with Crippen LogP contribution in [0.3, 0.4) is 0 Å². The molecule has 2 heterocycles. The topological polar surface area (TPSA) is 81.2 Å². The molecule has 1 spiro atoms. The summed E-state index contributed by atoms with van der Waals surface area (Å²) in [5.41, 5.74) is 2.46. The van der Waals surface area contributed by atoms with Crippen molar-refractivity contribution in [2.45, 2.75) is 51.8 Å². The highest BCUT2D eigenvalue weighted by Crippen LogP contribution is 2.52. The highest BCUT2D eigenvalue weighted by atomic mass is 16.3. The monoisotopic (exact) mass is 356 g/mol. The molecule has 6 heteroatoms. The van der Waals surface area contributed by atoms with Crippen molar-refractivity contribution in [1.82, 2.24) is 20.4 Å². The number of H-pyrrole nitrogens is 1. The highest BCUT2D eigenvalue weighted by Gasteiger charge is 2.58. The number of fused-ring (bicyclic) bond motifs is 1.